The van der Waals surface area contributed by atoms with Crippen molar-refractivity contribution in [1.82, 2.24) is 9.71 Å². The highest BCUT2D eigenvalue weighted by Crippen LogP contribution is 2.28. The predicted octanol–water partition coefficient (Wildman–Crippen LogP) is 2.44. The molecule has 1 aliphatic heterocycles. The molecule has 0 amide bonds. The Kier molecular flexibility index (Phi) is 4.70. The largest absolute Gasteiger partial charge is 0.433 e. The number of rotatable bonds is 5. The summed E-state index contributed by atoms with van der Waals surface area (Å²) in [6, 6.07) is 9.47. The minimum Gasteiger partial charge on any atom is -0.370 e. The van der Waals surface area contributed by atoms with E-state index < -0.39 is 21.9 Å². The van der Waals surface area contributed by atoms with Gasteiger partial charge in [-0.3, -0.25) is 4.98 Å². The van der Waals surface area contributed by atoms with Crippen LogP contribution in [0.3, 0.4) is 0 Å². The second kappa shape index (κ2) is 6.64. The fourth-order valence-electron chi connectivity index (χ4n) is 2.74. The molecule has 0 fully saturated rings. The van der Waals surface area contributed by atoms with Crippen LogP contribution in [0.15, 0.2) is 47.5 Å². The zero-order valence-corrected chi connectivity index (χ0v) is 13.9. The number of alkyl halides is 3. The third-order valence-electron chi connectivity index (χ3n) is 3.99. The van der Waals surface area contributed by atoms with E-state index in [2.05, 4.69) is 14.6 Å². The molecule has 2 heterocycles. The lowest BCUT2D eigenvalue weighted by atomic mass is 10.2. The Labute approximate surface area is 143 Å². The van der Waals surface area contributed by atoms with Crippen molar-refractivity contribution in [3.05, 3.63) is 53.9 Å². The molecule has 1 aliphatic rings. The van der Waals surface area contributed by atoms with E-state index in [-0.39, 0.29) is 11.4 Å². The number of hydrogen-bond donors (Lipinski definition) is 1. The van der Waals surface area contributed by atoms with E-state index in [1.165, 1.54) is 5.56 Å². The molecule has 9 heteroatoms. The fraction of sp³-hybridized carbons (Fsp3) is 0.312. The van der Waals surface area contributed by atoms with Gasteiger partial charge >= 0.3 is 6.18 Å². The number of pyridine rings is 1. The SMILES string of the molecule is O=S(=O)(NCCN1CCc2ccccc21)c1ccc(C(F)(F)F)nc1. The van der Waals surface area contributed by atoms with Crippen LogP contribution in [0.2, 0.25) is 0 Å². The lowest BCUT2D eigenvalue weighted by Gasteiger charge is -2.19. The van der Waals surface area contributed by atoms with Crippen molar-refractivity contribution in [2.45, 2.75) is 17.5 Å². The van der Waals surface area contributed by atoms with Crippen LogP contribution >= 0.6 is 0 Å². The van der Waals surface area contributed by atoms with Crippen molar-refractivity contribution < 1.29 is 21.6 Å². The maximum absolute atomic E-state index is 12.5. The number of benzene rings is 1. The van der Waals surface area contributed by atoms with Crippen molar-refractivity contribution in [3.63, 3.8) is 0 Å². The van der Waals surface area contributed by atoms with Crippen LogP contribution in [0.5, 0.6) is 0 Å². The molecule has 5 nitrogen and oxygen atoms in total. The Morgan fingerprint density at radius 2 is 1.92 bits per heavy atom. The average Bonchev–Trinajstić information content (AvgIpc) is 2.97. The van der Waals surface area contributed by atoms with Gasteiger partial charge in [0, 0.05) is 31.5 Å². The molecule has 0 bridgehead atoms. The van der Waals surface area contributed by atoms with E-state index in [4.69, 9.17) is 0 Å². The molecule has 0 radical (unpaired) electrons. The topological polar surface area (TPSA) is 62.3 Å². The number of fused-ring (bicyclic) bond motifs is 1. The number of para-hydroxylation sites is 1. The number of aromatic nitrogens is 1. The lowest BCUT2D eigenvalue weighted by Crippen LogP contribution is -2.34. The standard InChI is InChI=1S/C16H16F3N3O2S/c17-16(18,19)15-6-5-13(11-20-15)25(23,24)21-8-10-22-9-7-12-3-1-2-4-14(12)22/h1-6,11,21H,7-10H2. The highest BCUT2D eigenvalue weighted by atomic mass is 32.2. The van der Waals surface area contributed by atoms with Gasteiger partial charge in [0.2, 0.25) is 10.0 Å². The summed E-state index contributed by atoms with van der Waals surface area (Å²) >= 11 is 0. The predicted molar refractivity (Wildman–Crippen MR) is 86.8 cm³/mol. The van der Waals surface area contributed by atoms with E-state index in [1.807, 2.05) is 24.3 Å². The van der Waals surface area contributed by atoms with Crippen LogP contribution in [0.4, 0.5) is 18.9 Å². The van der Waals surface area contributed by atoms with E-state index in [0.29, 0.717) is 12.6 Å². The maximum Gasteiger partial charge on any atom is 0.433 e. The first kappa shape index (κ1) is 17.7. The van der Waals surface area contributed by atoms with Crippen LogP contribution in [0.25, 0.3) is 0 Å². The van der Waals surface area contributed by atoms with Crippen molar-refractivity contribution in [2.24, 2.45) is 0 Å². The first-order valence-electron chi connectivity index (χ1n) is 7.63. The van der Waals surface area contributed by atoms with Crippen molar-refractivity contribution in [3.8, 4) is 0 Å². The molecule has 0 unspecified atom stereocenters. The minimum absolute atomic E-state index is 0.150. The van der Waals surface area contributed by atoms with Gasteiger partial charge < -0.3 is 4.90 Å². The Bertz CT molecular complexity index is 852. The average molecular weight is 371 g/mol. The summed E-state index contributed by atoms with van der Waals surface area (Å²) in [5.74, 6) is 0. The van der Waals surface area contributed by atoms with Crippen LogP contribution in [-0.4, -0.2) is 33.0 Å². The zero-order chi connectivity index (χ0) is 18.1. The second-order valence-corrected chi connectivity index (χ2v) is 7.41. The minimum atomic E-state index is -4.60. The van der Waals surface area contributed by atoms with Crippen LogP contribution in [0, 0.1) is 0 Å². The Balaban J connectivity index is 1.61. The normalized spacial score (nSPS) is 14.6. The lowest BCUT2D eigenvalue weighted by molar-refractivity contribution is -0.141. The number of halogens is 3. The fourth-order valence-corrected chi connectivity index (χ4v) is 3.71. The smallest absolute Gasteiger partial charge is 0.370 e. The summed E-state index contributed by atoms with van der Waals surface area (Å²) in [4.78, 5) is 4.96. The summed E-state index contributed by atoms with van der Waals surface area (Å²) in [5, 5.41) is 0. The molecule has 134 valence electrons. The molecule has 0 atom stereocenters. The van der Waals surface area contributed by atoms with E-state index in [9.17, 15) is 21.6 Å². The van der Waals surface area contributed by atoms with Gasteiger partial charge in [-0.15, -0.1) is 0 Å². The van der Waals surface area contributed by atoms with Gasteiger partial charge in [0.15, 0.2) is 0 Å². The van der Waals surface area contributed by atoms with Crippen molar-refractivity contribution >= 4 is 15.7 Å². The van der Waals surface area contributed by atoms with Crippen molar-refractivity contribution in [1.29, 1.82) is 0 Å². The summed E-state index contributed by atoms with van der Waals surface area (Å²) < 4.78 is 64.2. The molecule has 1 aromatic carbocycles. The van der Waals surface area contributed by atoms with Gasteiger partial charge in [-0.2, -0.15) is 13.2 Å². The summed E-state index contributed by atoms with van der Waals surface area (Å²) in [7, 11) is -3.90. The molecule has 1 aromatic heterocycles. The maximum atomic E-state index is 12.5. The van der Waals surface area contributed by atoms with Gasteiger partial charge in [0.25, 0.3) is 0 Å². The molecule has 0 spiro atoms. The van der Waals surface area contributed by atoms with Crippen LogP contribution in [0.1, 0.15) is 11.3 Å². The van der Waals surface area contributed by atoms with Gasteiger partial charge in [-0.25, -0.2) is 13.1 Å². The first-order chi connectivity index (χ1) is 11.8. The molecular formula is C16H16F3N3O2S. The van der Waals surface area contributed by atoms with Crippen LogP contribution in [-0.2, 0) is 22.6 Å². The molecule has 0 saturated carbocycles. The summed E-state index contributed by atoms with van der Waals surface area (Å²) in [6.45, 7) is 1.44. The summed E-state index contributed by atoms with van der Waals surface area (Å²) in [6.07, 6.45) is -2.97. The molecule has 2 aromatic rings. The first-order valence-corrected chi connectivity index (χ1v) is 9.11. The molecule has 0 aliphatic carbocycles. The number of nitrogens with one attached hydrogen (secondary N) is 1. The monoisotopic (exact) mass is 371 g/mol. The van der Waals surface area contributed by atoms with E-state index in [0.717, 1.165) is 30.9 Å². The summed E-state index contributed by atoms with van der Waals surface area (Å²) in [5.41, 5.74) is 1.18. The second-order valence-electron chi connectivity index (χ2n) is 5.64. The third-order valence-corrected chi connectivity index (χ3v) is 5.44. The third kappa shape index (κ3) is 3.93. The molecule has 25 heavy (non-hydrogen) atoms. The quantitative estimate of drug-likeness (QED) is 0.877. The molecule has 3 rings (SSSR count). The van der Waals surface area contributed by atoms with Crippen molar-refractivity contribution in [2.75, 3.05) is 24.5 Å². The number of nitrogens with zero attached hydrogens (tertiary/aromatic N) is 2. The molecular weight excluding hydrogens is 355 g/mol. The number of anilines is 1. The Hall–Kier alpha value is -2.13. The molecule has 1 N–H and O–H groups in total. The zero-order valence-electron chi connectivity index (χ0n) is 13.1. The van der Waals surface area contributed by atoms with E-state index >= 15 is 0 Å². The highest BCUT2D eigenvalue weighted by Gasteiger charge is 2.32. The number of hydrogen-bond acceptors (Lipinski definition) is 4. The number of sulfonamides is 1. The van der Waals surface area contributed by atoms with Gasteiger partial charge in [-0.05, 0) is 30.2 Å². The Morgan fingerprint density at radius 1 is 1.16 bits per heavy atom. The highest BCUT2D eigenvalue weighted by molar-refractivity contribution is 7.89. The van der Waals surface area contributed by atoms with E-state index in [1.54, 1.807) is 0 Å². The van der Waals surface area contributed by atoms with Crippen LogP contribution < -0.4 is 9.62 Å². The Morgan fingerprint density at radius 3 is 2.60 bits per heavy atom. The van der Waals surface area contributed by atoms with Gasteiger partial charge in [-0.1, -0.05) is 18.2 Å². The van der Waals surface area contributed by atoms with Gasteiger partial charge in [0.05, 0.1) is 0 Å². The van der Waals surface area contributed by atoms with Gasteiger partial charge in [0.1, 0.15) is 10.6 Å². The molecule has 0 saturated heterocycles.